The summed E-state index contributed by atoms with van der Waals surface area (Å²) >= 11 is 0. The third-order valence-corrected chi connectivity index (χ3v) is 6.53. The van der Waals surface area contributed by atoms with Crippen LogP contribution in [0.4, 0.5) is 11.5 Å². The number of fused-ring (bicyclic) bond motifs is 1. The van der Waals surface area contributed by atoms with E-state index in [4.69, 9.17) is 0 Å². The van der Waals surface area contributed by atoms with Crippen molar-refractivity contribution in [1.29, 1.82) is 0 Å². The van der Waals surface area contributed by atoms with Crippen LogP contribution in [0.2, 0.25) is 0 Å². The monoisotopic (exact) mass is 505 g/mol. The van der Waals surface area contributed by atoms with E-state index in [1.165, 1.54) is 35.0 Å². The zero-order valence-corrected chi connectivity index (χ0v) is 20.4. The van der Waals surface area contributed by atoms with Crippen LogP contribution < -0.4 is 10.9 Å². The van der Waals surface area contributed by atoms with Crippen LogP contribution in [0.25, 0.3) is 0 Å². The number of allylic oxidation sites excluding steroid dienone is 1. The molecule has 1 aliphatic heterocycles. The van der Waals surface area contributed by atoms with Crippen LogP contribution in [0.3, 0.4) is 0 Å². The highest BCUT2D eigenvalue weighted by molar-refractivity contribution is 6.06. The number of benzene rings is 2. The Hall–Kier alpha value is -4.51. The van der Waals surface area contributed by atoms with E-state index in [-0.39, 0.29) is 40.8 Å². The first-order valence-corrected chi connectivity index (χ1v) is 11.7. The maximum absolute atomic E-state index is 13.4. The third kappa shape index (κ3) is 5.51. The van der Waals surface area contributed by atoms with E-state index < -0.39 is 28.3 Å². The van der Waals surface area contributed by atoms with Crippen molar-refractivity contribution in [2.45, 2.75) is 38.4 Å². The van der Waals surface area contributed by atoms with E-state index in [2.05, 4.69) is 15.3 Å². The minimum atomic E-state index is -1.37. The van der Waals surface area contributed by atoms with Gasteiger partial charge in [0.1, 0.15) is 11.9 Å². The molecule has 2 atom stereocenters. The molecule has 0 fully saturated rings. The second-order valence-electron chi connectivity index (χ2n) is 9.06. The summed E-state index contributed by atoms with van der Waals surface area (Å²) in [5, 5.41) is 26.8. The molecule has 0 aliphatic carbocycles. The lowest BCUT2D eigenvalue weighted by atomic mass is 9.92. The molecule has 4 rings (SSSR count). The van der Waals surface area contributed by atoms with Gasteiger partial charge in [0.2, 0.25) is 0 Å². The lowest BCUT2D eigenvalue weighted by molar-refractivity contribution is -0.384. The molecule has 0 saturated heterocycles. The summed E-state index contributed by atoms with van der Waals surface area (Å²) < 4.78 is 1.28. The highest BCUT2D eigenvalue weighted by Crippen LogP contribution is 2.36. The first-order chi connectivity index (χ1) is 17.7. The van der Waals surface area contributed by atoms with Crippen LogP contribution in [0.5, 0.6) is 0 Å². The fourth-order valence-electron chi connectivity index (χ4n) is 4.45. The Kier molecular flexibility index (Phi) is 7.35. The van der Waals surface area contributed by atoms with Crippen LogP contribution in [0.1, 0.15) is 36.9 Å². The number of nitro benzene ring substituents is 1. The average molecular weight is 506 g/mol. The number of Topliss-reactive ketones (excluding diaryl/α,β-unsaturated/α-hetero) is 1. The Morgan fingerprint density at radius 1 is 1.16 bits per heavy atom. The molecule has 0 radical (unpaired) electrons. The van der Waals surface area contributed by atoms with E-state index >= 15 is 0 Å². The van der Waals surface area contributed by atoms with Crippen LogP contribution in [0, 0.1) is 10.1 Å². The molecule has 0 saturated carbocycles. The number of carbonyl (C=O) groups is 2. The quantitative estimate of drug-likeness (QED) is 0.280. The first-order valence-electron chi connectivity index (χ1n) is 11.7. The second-order valence-corrected chi connectivity index (χ2v) is 9.06. The van der Waals surface area contributed by atoms with Gasteiger partial charge in [0.05, 0.1) is 16.2 Å². The van der Waals surface area contributed by atoms with Crippen molar-refractivity contribution >= 4 is 23.3 Å². The fraction of sp³-hybridized carbons (Fsp3) is 0.269. The van der Waals surface area contributed by atoms with E-state index in [1.54, 1.807) is 0 Å². The Morgan fingerprint density at radius 3 is 2.57 bits per heavy atom. The van der Waals surface area contributed by atoms with Crippen LogP contribution in [-0.2, 0) is 16.1 Å². The summed E-state index contributed by atoms with van der Waals surface area (Å²) in [5.74, 6) is -1.60. The summed E-state index contributed by atoms with van der Waals surface area (Å²) in [6.45, 7) is 2.69. The van der Waals surface area contributed by atoms with Gasteiger partial charge < -0.3 is 10.4 Å². The zero-order chi connectivity index (χ0) is 26.7. The molecule has 192 valence electrons. The summed E-state index contributed by atoms with van der Waals surface area (Å²) in [7, 11) is 1.96. The molecule has 0 spiro atoms. The summed E-state index contributed by atoms with van der Waals surface area (Å²) in [6, 6.07) is 15.5. The van der Waals surface area contributed by atoms with Gasteiger partial charge in [-0.15, -0.1) is 0 Å². The summed E-state index contributed by atoms with van der Waals surface area (Å²) in [5.41, 5.74) is 0.212. The Bertz CT molecular complexity index is 1420. The highest BCUT2D eigenvalue weighted by Gasteiger charge is 2.37. The van der Waals surface area contributed by atoms with E-state index in [0.717, 1.165) is 5.56 Å². The van der Waals surface area contributed by atoms with Crippen molar-refractivity contribution in [2.24, 2.45) is 0 Å². The van der Waals surface area contributed by atoms with E-state index in [1.807, 2.05) is 44.3 Å². The van der Waals surface area contributed by atoms with Crippen LogP contribution in [0.15, 0.2) is 76.7 Å². The summed E-state index contributed by atoms with van der Waals surface area (Å²) in [4.78, 5) is 50.8. The number of carboxylic acid groups (broad SMARTS) is 1. The van der Waals surface area contributed by atoms with E-state index in [0.29, 0.717) is 13.0 Å². The van der Waals surface area contributed by atoms with Crippen molar-refractivity contribution in [3.8, 4) is 0 Å². The SMILES string of the molecule is CC(CCC(=O)C1=C(C(=O)O)C(c2cccc([N+](=O)[O-])c2)n2[nH]c(=O)cc2N1)N(C)Cc1ccccc1. The molecule has 3 aromatic rings. The van der Waals surface area contributed by atoms with Crippen molar-refractivity contribution < 1.29 is 19.6 Å². The first kappa shape index (κ1) is 25.6. The second kappa shape index (κ2) is 10.6. The van der Waals surface area contributed by atoms with Crippen LogP contribution >= 0.6 is 0 Å². The maximum atomic E-state index is 13.4. The number of non-ortho nitro benzene ring substituents is 1. The number of nitrogens with one attached hydrogen (secondary N) is 2. The Morgan fingerprint density at radius 2 is 1.89 bits per heavy atom. The number of nitro groups is 1. The molecule has 2 heterocycles. The van der Waals surface area contributed by atoms with Crippen molar-refractivity contribution in [2.75, 3.05) is 12.4 Å². The normalized spacial score (nSPS) is 15.7. The molecule has 11 heteroatoms. The molecular formula is C26H27N5O6. The predicted octanol–water partition coefficient (Wildman–Crippen LogP) is 3.31. The third-order valence-electron chi connectivity index (χ3n) is 6.53. The smallest absolute Gasteiger partial charge is 0.336 e. The number of aromatic amines is 1. The molecule has 3 N–H and O–H groups in total. The predicted molar refractivity (Wildman–Crippen MR) is 136 cm³/mol. The number of ketones is 1. The van der Waals surface area contributed by atoms with Crippen molar-refractivity contribution in [3.05, 3.63) is 104 Å². The molecule has 11 nitrogen and oxygen atoms in total. The molecule has 0 bridgehead atoms. The Labute approximate surface area is 212 Å². The van der Waals surface area contributed by atoms with Gasteiger partial charge in [-0.1, -0.05) is 42.5 Å². The number of hydrogen-bond acceptors (Lipinski definition) is 7. The minimum absolute atomic E-state index is 0.0274. The number of aromatic nitrogens is 2. The number of rotatable bonds is 10. The minimum Gasteiger partial charge on any atom is -0.478 e. The van der Waals surface area contributed by atoms with Crippen molar-refractivity contribution in [1.82, 2.24) is 14.7 Å². The molecule has 0 amide bonds. The average Bonchev–Trinajstić information content (AvgIpc) is 3.26. The van der Waals surface area contributed by atoms with Crippen molar-refractivity contribution in [3.63, 3.8) is 0 Å². The lowest BCUT2D eigenvalue weighted by Gasteiger charge is -2.30. The molecular weight excluding hydrogens is 478 g/mol. The fourth-order valence-corrected chi connectivity index (χ4v) is 4.45. The number of aliphatic carboxylic acids is 1. The van der Waals surface area contributed by atoms with Gasteiger partial charge in [0.25, 0.3) is 11.2 Å². The van der Waals surface area contributed by atoms with Gasteiger partial charge in [0, 0.05) is 37.2 Å². The molecule has 1 aliphatic rings. The van der Waals surface area contributed by atoms with Gasteiger partial charge >= 0.3 is 5.97 Å². The van der Waals surface area contributed by atoms with Gasteiger partial charge in [-0.25, -0.2) is 4.79 Å². The highest BCUT2D eigenvalue weighted by atomic mass is 16.6. The lowest BCUT2D eigenvalue weighted by Crippen LogP contribution is -2.33. The van der Waals surface area contributed by atoms with Gasteiger partial charge in [-0.2, -0.15) is 0 Å². The molecule has 1 aromatic heterocycles. The molecule has 2 unspecified atom stereocenters. The zero-order valence-electron chi connectivity index (χ0n) is 20.4. The topological polar surface area (TPSA) is 151 Å². The standard InChI is InChI=1S/C26H27N5O6/c1-16(29(2)15-17-7-4-3-5-8-17)11-12-20(32)24-23(26(34)35)25(30-21(27-24)14-22(33)28-30)18-9-6-10-19(13-18)31(36)37/h3-10,13-14,16,25,27H,11-12,15H2,1-2H3,(H,28,33)(H,34,35). The molecule has 2 aromatic carbocycles. The number of carboxylic acids is 1. The number of hydrogen-bond donors (Lipinski definition) is 3. The van der Waals surface area contributed by atoms with Gasteiger partial charge in [-0.3, -0.25) is 34.4 Å². The summed E-state index contributed by atoms with van der Waals surface area (Å²) in [6.07, 6.45) is 0.539. The van der Waals surface area contributed by atoms with Crippen LogP contribution in [-0.4, -0.2) is 49.6 Å². The Balaban J connectivity index is 1.63. The number of anilines is 1. The number of carbonyl (C=O) groups excluding carboxylic acids is 1. The largest absolute Gasteiger partial charge is 0.478 e. The number of H-pyrrole nitrogens is 1. The van der Waals surface area contributed by atoms with Gasteiger partial charge in [0.15, 0.2) is 5.78 Å². The van der Waals surface area contributed by atoms with E-state index in [9.17, 15) is 29.6 Å². The van der Waals surface area contributed by atoms with Gasteiger partial charge in [-0.05, 0) is 31.5 Å². The molecule has 37 heavy (non-hydrogen) atoms. The maximum Gasteiger partial charge on any atom is 0.336 e. The number of nitrogens with zero attached hydrogens (tertiary/aromatic N) is 3.